The normalized spacial score (nSPS) is 12.8. The first kappa shape index (κ1) is 10.5. The van der Waals surface area contributed by atoms with Crippen molar-refractivity contribution >= 4 is 11.5 Å². The molecule has 18 heavy (non-hydrogen) atoms. The molecule has 0 saturated carbocycles. The summed E-state index contributed by atoms with van der Waals surface area (Å²) in [5.41, 5.74) is 3.09. The van der Waals surface area contributed by atoms with E-state index in [1.807, 2.05) is 18.2 Å². The fraction of sp³-hybridized carbons (Fsp3) is 0.154. The molecule has 1 aliphatic heterocycles. The lowest BCUT2D eigenvalue weighted by Gasteiger charge is -2.19. The van der Waals surface area contributed by atoms with Gasteiger partial charge in [0, 0.05) is 36.6 Å². The van der Waals surface area contributed by atoms with E-state index in [0.717, 1.165) is 35.7 Å². The highest BCUT2D eigenvalue weighted by Crippen LogP contribution is 2.29. The van der Waals surface area contributed by atoms with E-state index < -0.39 is 0 Å². The molecule has 0 atom stereocenters. The van der Waals surface area contributed by atoms with E-state index in [-0.39, 0.29) is 0 Å². The van der Waals surface area contributed by atoms with Gasteiger partial charge in [-0.3, -0.25) is 0 Å². The second-order valence-corrected chi connectivity index (χ2v) is 3.99. The lowest BCUT2D eigenvalue weighted by Crippen LogP contribution is -2.21. The van der Waals surface area contributed by atoms with Crippen molar-refractivity contribution in [2.24, 2.45) is 0 Å². The van der Waals surface area contributed by atoms with Crippen molar-refractivity contribution in [3.8, 4) is 17.2 Å². The number of nitriles is 1. The van der Waals surface area contributed by atoms with Gasteiger partial charge in [-0.25, -0.2) is 9.97 Å². The molecule has 2 aromatic rings. The van der Waals surface area contributed by atoms with E-state index in [4.69, 9.17) is 5.26 Å². The first-order valence-electron chi connectivity index (χ1n) is 5.72. The van der Waals surface area contributed by atoms with Gasteiger partial charge < -0.3 is 10.6 Å². The zero-order valence-electron chi connectivity index (χ0n) is 9.64. The summed E-state index contributed by atoms with van der Waals surface area (Å²) in [5, 5.41) is 15.6. The van der Waals surface area contributed by atoms with Crippen LogP contribution in [0.25, 0.3) is 11.1 Å². The van der Waals surface area contributed by atoms with Gasteiger partial charge in [-0.1, -0.05) is 0 Å². The molecule has 0 saturated heterocycles. The van der Waals surface area contributed by atoms with Crippen LogP contribution < -0.4 is 10.6 Å². The summed E-state index contributed by atoms with van der Waals surface area (Å²) in [6.45, 7) is 1.74. The second kappa shape index (κ2) is 4.34. The van der Waals surface area contributed by atoms with Crippen molar-refractivity contribution in [1.82, 2.24) is 9.97 Å². The molecule has 1 aliphatic rings. The smallest absolute Gasteiger partial charge is 0.149 e. The van der Waals surface area contributed by atoms with E-state index in [1.54, 1.807) is 12.4 Å². The van der Waals surface area contributed by atoms with Crippen LogP contribution in [-0.4, -0.2) is 23.1 Å². The van der Waals surface area contributed by atoms with Crippen LogP contribution in [0.1, 0.15) is 5.69 Å². The molecule has 88 valence electrons. The number of anilines is 2. The van der Waals surface area contributed by atoms with E-state index in [1.165, 1.54) is 0 Å². The van der Waals surface area contributed by atoms with Crippen LogP contribution in [-0.2, 0) is 0 Å². The molecule has 0 radical (unpaired) electrons. The maximum Gasteiger partial charge on any atom is 0.149 e. The molecular weight excluding hydrogens is 226 g/mol. The average molecular weight is 237 g/mol. The highest BCUT2D eigenvalue weighted by Gasteiger charge is 2.12. The van der Waals surface area contributed by atoms with Crippen LogP contribution in [0.2, 0.25) is 0 Å². The lowest BCUT2D eigenvalue weighted by atomic mass is 10.1. The van der Waals surface area contributed by atoms with Crippen LogP contribution in [0, 0.1) is 11.3 Å². The summed E-state index contributed by atoms with van der Waals surface area (Å²) in [5.74, 6) is 0.854. The Kier molecular flexibility index (Phi) is 2.54. The van der Waals surface area contributed by atoms with E-state index in [2.05, 4.69) is 26.7 Å². The van der Waals surface area contributed by atoms with Gasteiger partial charge in [0.2, 0.25) is 0 Å². The van der Waals surface area contributed by atoms with E-state index >= 15 is 0 Å². The number of nitrogens with zero attached hydrogens (tertiary/aromatic N) is 3. The molecule has 0 aliphatic carbocycles. The fourth-order valence-electron chi connectivity index (χ4n) is 1.99. The third-order valence-electron chi connectivity index (χ3n) is 2.85. The van der Waals surface area contributed by atoms with Crippen LogP contribution in [0.5, 0.6) is 0 Å². The standard InChI is InChI=1S/C13H11N5/c14-7-12-10(2-1-3-15-12)9-6-11-13(18-8-9)17-5-4-16-11/h1-3,6,8,16H,4-5H2,(H,17,18). The third kappa shape index (κ3) is 1.74. The number of fused-ring (bicyclic) bond motifs is 1. The Morgan fingerprint density at radius 2 is 2.11 bits per heavy atom. The zero-order chi connectivity index (χ0) is 12.4. The maximum absolute atomic E-state index is 9.06. The summed E-state index contributed by atoms with van der Waals surface area (Å²) in [4.78, 5) is 8.42. The Morgan fingerprint density at radius 1 is 1.22 bits per heavy atom. The van der Waals surface area contributed by atoms with Crippen LogP contribution >= 0.6 is 0 Å². The number of nitrogens with one attached hydrogen (secondary N) is 2. The lowest BCUT2D eigenvalue weighted by molar-refractivity contribution is 1.02. The van der Waals surface area contributed by atoms with Crippen molar-refractivity contribution < 1.29 is 0 Å². The van der Waals surface area contributed by atoms with Crippen molar-refractivity contribution in [3.05, 3.63) is 36.3 Å². The molecule has 3 heterocycles. The van der Waals surface area contributed by atoms with Gasteiger partial charge >= 0.3 is 0 Å². The van der Waals surface area contributed by atoms with Crippen LogP contribution in [0.4, 0.5) is 11.5 Å². The number of hydrogen-bond acceptors (Lipinski definition) is 5. The van der Waals surface area contributed by atoms with E-state index in [0.29, 0.717) is 5.69 Å². The minimum Gasteiger partial charge on any atom is -0.380 e. The van der Waals surface area contributed by atoms with Gasteiger partial charge in [0.05, 0.1) is 5.69 Å². The number of pyridine rings is 2. The average Bonchev–Trinajstić information content (AvgIpc) is 2.46. The molecule has 2 aromatic heterocycles. The predicted molar refractivity (Wildman–Crippen MR) is 69.2 cm³/mol. The quantitative estimate of drug-likeness (QED) is 0.791. The van der Waals surface area contributed by atoms with Gasteiger partial charge in [0.25, 0.3) is 0 Å². The summed E-state index contributed by atoms with van der Waals surface area (Å²) in [6, 6.07) is 7.79. The number of hydrogen-bond donors (Lipinski definition) is 2. The maximum atomic E-state index is 9.06. The van der Waals surface area contributed by atoms with Crippen molar-refractivity contribution in [2.75, 3.05) is 23.7 Å². The Labute approximate surface area is 105 Å². The Bertz CT molecular complexity index is 630. The summed E-state index contributed by atoms with van der Waals surface area (Å²) >= 11 is 0. The predicted octanol–water partition coefficient (Wildman–Crippen LogP) is 1.85. The topological polar surface area (TPSA) is 73.6 Å². The van der Waals surface area contributed by atoms with Gasteiger partial charge in [-0.2, -0.15) is 5.26 Å². The largest absolute Gasteiger partial charge is 0.380 e. The molecule has 5 heteroatoms. The van der Waals surface area contributed by atoms with Crippen LogP contribution in [0.15, 0.2) is 30.6 Å². The van der Waals surface area contributed by atoms with Crippen molar-refractivity contribution in [2.45, 2.75) is 0 Å². The van der Waals surface area contributed by atoms with Gasteiger partial charge in [0.1, 0.15) is 17.6 Å². The van der Waals surface area contributed by atoms with Crippen molar-refractivity contribution in [1.29, 1.82) is 5.26 Å². The molecule has 2 N–H and O–H groups in total. The minimum absolute atomic E-state index is 0.419. The highest BCUT2D eigenvalue weighted by molar-refractivity contribution is 5.76. The highest BCUT2D eigenvalue weighted by atomic mass is 15.1. The Morgan fingerprint density at radius 3 is 3.00 bits per heavy atom. The molecule has 3 rings (SSSR count). The summed E-state index contributed by atoms with van der Waals surface area (Å²) in [7, 11) is 0. The molecule has 0 amide bonds. The number of aromatic nitrogens is 2. The second-order valence-electron chi connectivity index (χ2n) is 3.99. The van der Waals surface area contributed by atoms with E-state index in [9.17, 15) is 0 Å². The number of rotatable bonds is 1. The zero-order valence-corrected chi connectivity index (χ0v) is 9.64. The van der Waals surface area contributed by atoms with Gasteiger partial charge in [-0.05, 0) is 18.2 Å². The third-order valence-corrected chi connectivity index (χ3v) is 2.85. The molecule has 0 bridgehead atoms. The van der Waals surface area contributed by atoms with Gasteiger partial charge in [-0.15, -0.1) is 0 Å². The molecule has 0 aromatic carbocycles. The fourth-order valence-corrected chi connectivity index (χ4v) is 1.99. The SMILES string of the molecule is N#Cc1ncccc1-c1cnc2c(c1)NCCN2. The van der Waals surface area contributed by atoms with Crippen LogP contribution in [0.3, 0.4) is 0 Å². The molecule has 0 spiro atoms. The molecular formula is C13H11N5. The molecule has 0 fully saturated rings. The Balaban J connectivity index is 2.10. The summed E-state index contributed by atoms with van der Waals surface area (Å²) in [6.07, 6.45) is 3.38. The molecule has 0 unspecified atom stereocenters. The molecule has 5 nitrogen and oxygen atoms in total. The van der Waals surface area contributed by atoms with Gasteiger partial charge in [0.15, 0.2) is 0 Å². The monoisotopic (exact) mass is 237 g/mol. The first-order valence-corrected chi connectivity index (χ1v) is 5.72. The Hall–Kier alpha value is -2.61. The minimum atomic E-state index is 0.419. The summed E-state index contributed by atoms with van der Waals surface area (Å²) < 4.78 is 0. The first-order chi connectivity index (χ1) is 8.88. The van der Waals surface area contributed by atoms with Crippen molar-refractivity contribution in [3.63, 3.8) is 0 Å².